The number of methoxy groups -OCH3 is 1. The van der Waals surface area contributed by atoms with Gasteiger partial charge in [-0.25, -0.2) is 4.39 Å². The summed E-state index contributed by atoms with van der Waals surface area (Å²) in [6, 6.07) is 9.40. The van der Waals surface area contributed by atoms with Crippen molar-refractivity contribution in [3.63, 3.8) is 0 Å². The molecule has 0 radical (unpaired) electrons. The fourth-order valence-corrected chi connectivity index (χ4v) is 2.41. The Balaban J connectivity index is 2.53. The molecule has 0 saturated heterocycles. The average molecular weight is 391 g/mol. The number of carbonyl (C=O) groups is 1. The molecule has 0 heterocycles. The van der Waals surface area contributed by atoms with Crippen molar-refractivity contribution in [2.45, 2.75) is 0 Å². The Morgan fingerprint density at radius 2 is 2.00 bits per heavy atom. The second-order valence-corrected chi connectivity index (χ2v) is 5.37. The Bertz CT molecular complexity index is 643. The predicted molar refractivity (Wildman–Crippen MR) is 80.6 cm³/mol. The molecule has 0 unspecified atom stereocenters. The minimum Gasteiger partial charge on any atom is -0.494 e. The molecule has 2 rings (SSSR count). The van der Waals surface area contributed by atoms with Gasteiger partial charge in [-0.1, -0.05) is 17.7 Å². The van der Waals surface area contributed by atoms with Crippen molar-refractivity contribution in [3.8, 4) is 5.75 Å². The molecule has 0 atom stereocenters. The fourth-order valence-electron chi connectivity index (χ4n) is 1.66. The van der Waals surface area contributed by atoms with Crippen LogP contribution in [0.2, 0.25) is 5.02 Å². The first kappa shape index (κ1) is 14.3. The number of hydrogen-bond acceptors (Lipinski definition) is 2. The number of ketones is 1. The van der Waals surface area contributed by atoms with E-state index in [1.165, 1.54) is 25.3 Å². The Labute approximate surface area is 128 Å². The molecule has 0 bridgehead atoms. The van der Waals surface area contributed by atoms with Gasteiger partial charge in [-0.3, -0.25) is 4.79 Å². The van der Waals surface area contributed by atoms with Gasteiger partial charge in [-0.15, -0.1) is 0 Å². The molecule has 0 aliphatic rings. The van der Waals surface area contributed by atoms with E-state index in [0.29, 0.717) is 14.2 Å². The summed E-state index contributed by atoms with van der Waals surface area (Å²) in [7, 11) is 1.36. The van der Waals surface area contributed by atoms with E-state index in [1.54, 1.807) is 18.2 Å². The number of halogens is 3. The molecule has 0 aliphatic carbocycles. The summed E-state index contributed by atoms with van der Waals surface area (Å²) in [4.78, 5) is 12.3. The standard InChI is InChI=1S/C14H9ClFIO2/c1-19-12-4-2-3-9(13(12)16)14(18)10-7-8(15)5-6-11(10)17/h2-7H,1H3. The van der Waals surface area contributed by atoms with Crippen LogP contribution in [0.4, 0.5) is 4.39 Å². The van der Waals surface area contributed by atoms with E-state index in [9.17, 15) is 9.18 Å². The second-order valence-electron chi connectivity index (χ2n) is 3.78. The summed E-state index contributed by atoms with van der Waals surface area (Å²) < 4.78 is 19.6. The van der Waals surface area contributed by atoms with E-state index in [1.807, 2.05) is 22.6 Å². The van der Waals surface area contributed by atoms with E-state index < -0.39 is 11.6 Å². The highest BCUT2D eigenvalue weighted by molar-refractivity contribution is 14.1. The first-order chi connectivity index (χ1) is 9.04. The van der Waals surface area contributed by atoms with Gasteiger partial charge in [-0.05, 0) is 52.9 Å². The molecule has 2 aromatic rings. The molecule has 0 fully saturated rings. The van der Waals surface area contributed by atoms with Crippen LogP contribution in [-0.2, 0) is 0 Å². The number of carbonyl (C=O) groups excluding carboxylic acids is 1. The van der Waals surface area contributed by atoms with Crippen molar-refractivity contribution in [1.82, 2.24) is 0 Å². The number of benzene rings is 2. The zero-order valence-corrected chi connectivity index (χ0v) is 12.8. The van der Waals surface area contributed by atoms with E-state index in [-0.39, 0.29) is 11.3 Å². The normalized spacial score (nSPS) is 10.3. The lowest BCUT2D eigenvalue weighted by Gasteiger charge is -2.08. The molecule has 2 nitrogen and oxygen atoms in total. The highest BCUT2D eigenvalue weighted by Crippen LogP contribution is 2.25. The monoisotopic (exact) mass is 390 g/mol. The van der Waals surface area contributed by atoms with Gasteiger partial charge in [0.15, 0.2) is 17.3 Å². The van der Waals surface area contributed by atoms with E-state index >= 15 is 0 Å². The van der Waals surface area contributed by atoms with Crippen molar-refractivity contribution in [1.29, 1.82) is 0 Å². The molecule has 5 heteroatoms. The zero-order chi connectivity index (χ0) is 14.0. The molecule has 0 spiro atoms. The van der Waals surface area contributed by atoms with Crippen LogP contribution in [0.15, 0.2) is 36.4 Å². The lowest BCUT2D eigenvalue weighted by molar-refractivity contribution is 0.103. The van der Waals surface area contributed by atoms with Crippen molar-refractivity contribution in [2.75, 3.05) is 7.11 Å². The average Bonchev–Trinajstić information content (AvgIpc) is 2.41. The molecule has 19 heavy (non-hydrogen) atoms. The zero-order valence-electron chi connectivity index (χ0n) is 9.91. The molecule has 2 aromatic carbocycles. The van der Waals surface area contributed by atoms with Gasteiger partial charge in [0.1, 0.15) is 0 Å². The quantitative estimate of drug-likeness (QED) is 0.576. The summed E-state index contributed by atoms with van der Waals surface area (Å²) in [5.41, 5.74) is 0.347. The Morgan fingerprint density at radius 1 is 1.26 bits per heavy atom. The highest BCUT2D eigenvalue weighted by Gasteiger charge is 2.19. The van der Waals surface area contributed by atoms with Gasteiger partial charge in [0.05, 0.1) is 12.7 Å². The van der Waals surface area contributed by atoms with Crippen LogP contribution in [-0.4, -0.2) is 12.9 Å². The molecule has 0 aliphatic heterocycles. The van der Waals surface area contributed by atoms with Crippen LogP contribution in [0.1, 0.15) is 15.9 Å². The van der Waals surface area contributed by atoms with E-state index in [4.69, 9.17) is 16.3 Å². The lowest BCUT2D eigenvalue weighted by Crippen LogP contribution is -2.07. The fraction of sp³-hybridized carbons (Fsp3) is 0.0714. The molecule has 98 valence electrons. The summed E-state index contributed by atoms with van der Waals surface area (Å²) in [6.45, 7) is 0. The van der Waals surface area contributed by atoms with Crippen LogP contribution in [0.25, 0.3) is 0 Å². The molecule has 0 saturated carbocycles. The predicted octanol–water partition coefficient (Wildman–Crippen LogP) is 4.32. The number of ether oxygens (including phenoxy) is 1. The van der Waals surface area contributed by atoms with Crippen molar-refractivity contribution >= 4 is 40.0 Å². The SMILES string of the molecule is COc1cccc(C(=O)c2cc(Cl)ccc2I)c1F. The van der Waals surface area contributed by atoms with Gasteiger partial charge in [0.25, 0.3) is 0 Å². The van der Waals surface area contributed by atoms with Gasteiger partial charge in [-0.2, -0.15) is 0 Å². The Morgan fingerprint density at radius 3 is 2.68 bits per heavy atom. The lowest BCUT2D eigenvalue weighted by atomic mass is 10.0. The van der Waals surface area contributed by atoms with Gasteiger partial charge in [0, 0.05) is 14.2 Å². The van der Waals surface area contributed by atoms with Crippen molar-refractivity contribution < 1.29 is 13.9 Å². The molecule has 0 N–H and O–H groups in total. The largest absolute Gasteiger partial charge is 0.494 e. The summed E-state index contributed by atoms with van der Waals surface area (Å²) in [6.07, 6.45) is 0. The minimum atomic E-state index is -0.661. The van der Waals surface area contributed by atoms with Crippen LogP contribution in [0.3, 0.4) is 0 Å². The topological polar surface area (TPSA) is 26.3 Å². The third-order valence-electron chi connectivity index (χ3n) is 2.60. The Kier molecular flexibility index (Phi) is 4.42. The molecule has 0 aromatic heterocycles. The number of rotatable bonds is 3. The Hall–Kier alpha value is -1.14. The number of hydrogen-bond donors (Lipinski definition) is 0. The molecular weight excluding hydrogens is 382 g/mol. The second kappa shape index (κ2) is 5.88. The molecule has 0 amide bonds. The van der Waals surface area contributed by atoms with E-state index in [0.717, 1.165) is 0 Å². The van der Waals surface area contributed by atoms with E-state index in [2.05, 4.69) is 0 Å². The van der Waals surface area contributed by atoms with Crippen molar-refractivity contribution in [2.24, 2.45) is 0 Å². The smallest absolute Gasteiger partial charge is 0.197 e. The molecular formula is C14H9ClFIO2. The summed E-state index contributed by atoms with van der Waals surface area (Å²) in [5, 5.41) is 0.437. The third kappa shape index (κ3) is 2.90. The van der Waals surface area contributed by atoms with Crippen LogP contribution in [0.5, 0.6) is 5.75 Å². The maximum Gasteiger partial charge on any atom is 0.197 e. The maximum absolute atomic E-state index is 14.1. The van der Waals surface area contributed by atoms with Gasteiger partial charge < -0.3 is 4.74 Å². The summed E-state index contributed by atoms with van der Waals surface area (Å²) in [5.74, 6) is -1.03. The van der Waals surface area contributed by atoms with Crippen LogP contribution < -0.4 is 4.74 Å². The van der Waals surface area contributed by atoms with Crippen LogP contribution >= 0.6 is 34.2 Å². The van der Waals surface area contributed by atoms with Gasteiger partial charge >= 0.3 is 0 Å². The van der Waals surface area contributed by atoms with Gasteiger partial charge in [0.2, 0.25) is 0 Å². The third-order valence-corrected chi connectivity index (χ3v) is 3.78. The van der Waals surface area contributed by atoms with Crippen molar-refractivity contribution in [3.05, 3.63) is 61.9 Å². The highest BCUT2D eigenvalue weighted by atomic mass is 127. The summed E-state index contributed by atoms with van der Waals surface area (Å²) >= 11 is 7.89. The maximum atomic E-state index is 14.1. The van der Waals surface area contributed by atoms with Crippen LogP contribution in [0, 0.1) is 9.39 Å². The minimum absolute atomic E-state index is 0.0282. The first-order valence-electron chi connectivity index (χ1n) is 5.37. The first-order valence-corrected chi connectivity index (χ1v) is 6.82.